The Hall–Kier alpha value is -3.04. The lowest BCUT2D eigenvalue weighted by molar-refractivity contribution is 0.0139. The van der Waals surface area contributed by atoms with Crippen LogP contribution in [0.25, 0.3) is 11.1 Å². The third-order valence-electron chi connectivity index (χ3n) is 6.26. The van der Waals surface area contributed by atoms with E-state index in [0.717, 1.165) is 28.0 Å². The van der Waals surface area contributed by atoms with Crippen molar-refractivity contribution in [2.45, 2.75) is 11.0 Å². The number of fused-ring (bicyclic) bond motifs is 3. The number of sulfonamides is 1. The molecule has 1 fully saturated rings. The quantitative estimate of drug-likeness (QED) is 0.414. The van der Waals surface area contributed by atoms with E-state index >= 15 is 0 Å². The van der Waals surface area contributed by atoms with Crippen LogP contribution in [0.2, 0.25) is 0 Å². The second-order valence-corrected chi connectivity index (χ2v) is 10.4. The molecule has 0 saturated carbocycles. The van der Waals surface area contributed by atoms with Crippen LogP contribution in [0.3, 0.4) is 0 Å². The molecule has 1 saturated heterocycles. The molecule has 3 aromatic carbocycles. The monoisotopic (exact) mass is 477 g/mol. The molecule has 1 N–H and O–H groups in total. The molecule has 8 heteroatoms. The molecule has 1 atom stereocenters. The lowest BCUT2D eigenvalue weighted by Crippen LogP contribution is -2.50. The smallest absolute Gasteiger partial charge is 0.243 e. The summed E-state index contributed by atoms with van der Waals surface area (Å²) in [5.74, 6) is 0. The molecule has 1 heterocycles. The minimum absolute atomic E-state index is 0.0658. The molecule has 0 spiro atoms. The van der Waals surface area contributed by atoms with Crippen LogP contribution in [0.4, 0.5) is 0 Å². The Morgan fingerprint density at radius 1 is 0.794 bits per heavy atom. The Labute approximate surface area is 199 Å². The number of nitrogens with zero attached hydrogens (tertiary/aromatic N) is 3. The summed E-state index contributed by atoms with van der Waals surface area (Å²) in [5.41, 5.74) is 5.08. The minimum atomic E-state index is -3.48. The highest BCUT2D eigenvalue weighted by molar-refractivity contribution is 7.89. The minimum Gasteiger partial charge on any atom is -0.392 e. The van der Waals surface area contributed by atoms with Crippen molar-refractivity contribution in [3.8, 4) is 11.1 Å². The van der Waals surface area contributed by atoms with Gasteiger partial charge in [0.1, 0.15) is 18.4 Å². The number of β-amino-alcohol motifs (C(OH)–C–C–N with tert-alkyl or cyclic N) is 1. The predicted octanol–water partition coefficient (Wildman–Crippen LogP) is 2.80. The lowest BCUT2D eigenvalue weighted by atomic mass is 10.1. The summed E-state index contributed by atoms with van der Waals surface area (Å²) in [6.07, 6.45) is -0.728. The van der Waals surface area contributed by atoms with Gasteiger partial charge < -0.3 is 9.94 Å². The lowest BCUT2D eigenvalue weighted by Gasteiger charge is -2.34. The highest BCUT2D eigenvalue weighted by Gasteiger charge is 2.29. The third-order valence-corrected chi connectivity index (χ3v) is 8.17. The van der Waals surface area contributed by atoms with Crippen LogP contribution in [-0.2, 0) is 14.9 Å². The Kier molecular flexibility index (Phi) is 6.47. The van der Waals surface area contributed by atoms with Crippen molar-refractivity contribution in [1.82, 2.24) is 9.21 Å². The zero-order valence-corrected chi connectivity index (χ0v) is 19.6. The molecule has 7 nitrogen and oxygen atoms in total. The van der Waals surface area contributed by atoms with Crippen molar-refractivity contribution < 1.29 is 18.4 Å². The first-order chi connectivity index (χ1) is 16.5. The first kappa shape index (κ1) is 22.7. The van der Waals surface area contributed by atoms with Gasteiger partial charge in [-0.3, -0.25) is 4.90 Å². The van der Waals surface area contributed by atoms with Gasteiger partial charge in [0.25, 0.3) is 0 Å². The van der Waals surface area contributed by atoms with Crippen molar-refractivity contribution >= 4 is 15.7 Å². The fourth-order valence-corrected chi connectivity index (χ4v) is 5.97. The number of aliphatic hydroxyl groups excluding tert-OH is 1. The molecule has 2 aliphatic rings. The first-order valence-corrected chi connectivity index (χ1v) is 12.8. The van der Waals surface area contributed by atoms with E-state index in [1.807, 2.05) is 36.4 Å². The van der Waals surface area contributed by atoms with Gasteiger partial charge in [0.05, 0.1) is 4.90 Å². The van der Waals surface area contributed by atoms with Gasteiger partial charge in [-0.2, -0.15) is 4.31 Å². The number of aliphatic hydroxyl groups is 1. The Morgan fingerprint density at radius 2 is 1.32 bits per heavy atom. The van der Waals surface area contributed by atoms with Crippen LogP contribution in [0, 0.1) is 0 Å². The maximum Gasteiger partial charge on any atom is 0.243 e. The predicted molar refractivity (Wildman–Crippen MR) is 131 cm³/mol. The highest BCUT2D eigenvalue weighted by atomic mass is 32.2. The summed E-state index contributed by atoms with van der Waals surface area (Å²) in [5, 5.41) is 14.9. The molecule has 1 aliphatic carbocycles. The molecular formula is C26H27N3O4S. The number of rotatable bonds is 7. The molecule has 34 heavy (non-hydrogen) atoms. The molecule has 5 rings (SSSR count). The molecule has 0 unspecified atom stereocenters. The summed E-state index contributed by atoms with van der Waals surface area (Å²) in [6, 6.07) is 24.7. The van der Waals surface area contributed by atoms with E-state index in [-0.39, 0.29) is 6.61 Å². The van der Waals surface area contributed by atoms with Gasteiger partial charge in [0.15, 0.2) is 0 Å². The van der Waals surface area contributed by atoms with Crippen molar-refractivity contribution in [1.29, 1.82) is 0 Å². The van der Waals surface area contributed by atoms with Crippen LogP contribution in [0.15, 0.2) is 88.9 Å². The van der Waals surface area contributed by atoms with E-state index in [2.05, 4.69) is 22.2 Å². The number of oxime groups is 1. The standard InChI is InChI=1S/C26H27N3O4S/c30-20(18-28-14-16-29(17-15-28)34(31,32)21-8-2-1-3-9-21)19-33-27-26-24-12-6-4-10-22(24)23-11-5-7-13-25(23)26/h1-13,20,30H,14-19H2/t20-/m1/s1. The Balaban J connectivity index is 1.15. The van der Waals surface area contributed by atoms with E-state index < -0.39 is 16.1 Å². The second kappa shape index (κ2) is 9.68. The highest BCUT2D eigenvalue weighted by Crippen LogP contribution is 2.36. The van der Waals surface area contributed by atoms with Crippen molar-refractivity contribution in [3.05, 3.63) is 90.0 Å². The molecule has 1 aliphatic heterocycles. The molecule has 0 amide bonds. The van der Waals surface area contributed by atoms with E-state index in [0.29, 0.717) is 37.6 Å². The van der Waals surface area contributed by atoms with E-state index in [9.17, 15) is 13.5 Å². The van der Waals surface area contributed by atoms with E-state index in [1.165, 1.54) is 4.31 Å². The van der Waals surface area contributed by atoms with Gasteiger partial charge in [-0.05, 0) is 23.3 Å². The largest absolute Gasteiger partial charge is 0.392 e. The molecular weight excluding hydrogens is 450 g/mol. The van der Waals surface area contributed by atoms with Crippen molar-refractivity contribution in [2.75, 3.05) is 39.3 Å². The zero-order valence-electron chi connectivity index (χ0n) is 18.7. The summed E-state index contributed by atoms with van der Waals surface area (Å²) in [6.45, 7) is 2.35. The van der Waals surface area contributed by atoms with Crippen molar-refractivity contribution in [3.63, 3.8) is 0 Å². The van der Waals surface area contributed by atoms with Crippen LogP contribution in [-0.4, -0.2) is 73.9 Å². The summed E-state index contributed by atoms with van der Waals surface area (Å²) in [7, 11) is -3.48. The summed E-state index contributed by atoms with van der Waals surface area (Å²) >= 11 is 0. The van der Waals surface area contributed by atoms with E-state index in [1.54, 1.807) is 30.3 Å². The van der Waals surface area contributed by atoms with Gasteiger partial charge in [0, 0.05) is 43.9 Å². The topological polar surface area (TPSA) is 82.4 Å². The maximum absolute atomic E-state index is 12.8. The molecule has 3 aromatic rings. The van der Waals surface area contributed by atoms with Gasteiger partial charge in [0.2, 0.25) is 10.0 Å². The SMILES string of the molecule is O=S(=O)(c1ccccc1)N1CCN(C[C@@H](O)CON=C2c3ccccc3-c3ccccc32)CC1. The summed E-state index contributed by atoms with van der Waals surface area (Å²) < 4.78 is 27.1. The zero-order chi connectivity index (χ0) is 23.5. The number of hydrogen-bond donors (Lipinski definition) is 1. The van der Waals surface area contributed by atoms with Crippen LogP contribution < -0.4 is 0 Å². The van der Waals surface area contributed by atoms with E-state index in [4.69, 9.17) is 4.84 Å². The first-order valence-electron chi connectivity index (χ1n) is 11.4. The van der Waals surface area contributed by atoms with Gasteiger partial charge in [-0.1, -0.05) is 71.9 Å². The number of hydrogen-bond acceptors (Lipinski definition) is 6. The Morgan fingerprint density at radius 3 is 1.91 bits per heavy atom. The van der Waals surface area contributed by atoms with Crippen molar-refractivity contribution in [2.24, 2.45) is 5.16 Å². The third kappa shape index (κ3) is 4.50. The Bertz CT molecular complexity index is 1240. The number of piperazine rings is 1. The molecule has 0 aromatic heterocycles. The molecule has 0 radical (unpaired) electrons. The average molecular weight is 478 g/mol. The fourth-order valence-electron chi connectivity index (χ4n) is 4.52. The van der Waals surface area contributed by atoms with Gasteiger partial charge >= 0.3 is 0 Å². The maximum atomic E-state index is 12.8. The van der Waals surface area contributed by atoms with Gasteiger partial charge in [-0.15, -0.1) is 0 Å². The normalized spacial score (nSPS) is 17.1. The average Bonchev–Trinajstić information content (AvgIpc) is 3.19. The molecule has 0 bridgehead atoms. The molecule has 176 valence electrons. The summed E-state index contributed by atoms with van der Waals surface area (Å²) in [4.78, 5) is 7.94. The number of benzene rings is 3. The fraction of sp³-hybridized carbons (Fsp3) is 0.269. The van der Waals surface area contributed by atoms with Gasteiger partial charge in [-0.25, -0.2) is 8.42 Å². The van der Waals surface area contributed by atoms with Crippen LogP contribution >= 0.6 is 0 Å². The van der Waals surface area contributed by atoms with Crippen LogP contribution in [0.1, 0.15) is 11.1 Å². The van der Waals surface area contributed by atoms with Crippen LogP contribution in [0.5, 0.6) is 0 Å². The second-order valence-electron chi connectivity index (χ2n) is 8.50.